The van der Waals surface area contributed by atoms with Crippen molar-refractivity contribution >= 4 is 17.8 Å². The number of carboxylic acids is 1. The molecule has 0 aromatic heterocycles. The van der Waals surface area contributed by atoms with Crippen LogP contribution < -0.4 is 9.47 Å². The van der Waals surface area contributed by atoms with E-state index in [1.165, 1.54) is 42.5 Å². The van der Waals surface area contributed by atoms with Gasteiger partial charge in [-0.25, -0.2) is 4.79 Å². The molecule has 0 aliphatic rings. The van der Waals surface area contributed by atoms with E-state index >= 15 is 0 Å². The van der Waals surface area contributed by atoms with Gasteiger partial charge in [0.2, 0.25) is 0 Å². The average Bonchev–Trinajstić information content (AvgIpc) is 2.66. The Balaban J connectivity index is 2.25. The lowest BCUT2D eigenvalue weighted by atomic mass is 10.0. The minimum Gasteiger partial charge on any atom is -0.493 e. The van der Waals surface area contributed by atoms with Crippen LogP contribution in [0.3, 0.4) is 0 Å². The molecule has 5 nitrogen and oxygen atoms in total. The Bertz CT molecular complexity index is 909. The van der Waals surface area contributed by atoms with Gasteiger partial charge in [0, 0.05) is 5.56 Å². The molecule has 0 heterocycles. The molecule has 0 spiro atoms. The van der Waals surface area contributed by atoms with E-state index in [1.54, 1.807) is 0 Å². The number of methoxy groups -OCH3 is 1. The Labute approximate surface area is 156 Å². The van der Waals surface area contributed by atoms with Crippen LogP contribution in [0, 0.1) is 0 Å². The van der Waals surface area contributed by atoms with E-state index in [-0.39, 0.29) is 16.9 Å². The molecule has 2 rings (SSSR count). The monoisotopic (exact) mass is 398 g/mol. The van der Waals surface area contributed by atoms with Crippen LogP contribution in [0.4, 0.5) is 17.6 Å². The predicted octanol–water partition coefficient (Wildman–Crippen LogP) is 4.53. The summed E-state index contributed by atoms with van der Waals surface area (Å²) in [6.07, 6.45) is -6.34. The highest BCUT2D eigenvalue weighted by molar-refractivity contribution is 6.12. The molecule has 0 amide bonds. The topological polar surface area (TPSA) is 72.8 Å². The number of carboxylic acid groups (broad SMARTS) is 1. The molecule has 148 valence electrons. The van der Waals surface area contributed by atoms with Gasteiger partial charge in [-0.2, -0.15) is 17.6 Å². The van der Waals surface area contributed by atoms with Crippen molar-refractivity contribution in [1.82, 2.24) is 0 Å². The normalized spacial score (nSPS) is 11.6. The van der Waals surface area contributed by atoms with Gasteiger partial charge in [0.25, 0.3) is 0 Å². The van der Waals surface area contributed by atoms with Crippen molar-refractivity contribution in [2.75, 3.05) is 7.11 Å². The first-order chi connectivity index (χ1) is 13.2. The van der Waals surface area contributed by atoms with Crippen molar-refractivity contribution in [2.45, 2.75) is 12.5 Å². The number of ketones is 1. The minimum atomic E-state index is -4.69. The molecule has 0 atom stereocenters. The summed E-state index contributed by atoms with van der Waals surface area (Å²) in [5.74, 6) is -2.71. The van der Waals surface area contributed by atoms with Crippen LogP contribution in [0.5, 0.6) is 11.5 Å². The summed E-state index contributed by atoms with van der Waals surface area (Å²) in [7, 11) is 1.13. The molecule has 2 aromatic rings. The van der Waals surface area contributed by atoms with Crippen molar-refractivity contribution < 1.29 is 41.7 Å². The van der Waals surface area contributed by atoms with Crippen LogP contribution in [0.25, 0.3) is 6.08 Å². The van der Waals surface area contributed by atoms with Gasteiger partial charge in [0.15, 0.2) is 17.3 Å². The van der Waals surface area contributed by atoms with E-state index in [1.807, 2.05) is 0 Å². The number of alkyl halides is 4. The number of carbonyl (C=O) groups is 2. The lowest BCUT2D eigenvalue weighted by Crippen LogP contribution is -2.33. The molecule has 1 N–H and O–H groups in total. The maximum Gasteiger partial charge on any atom is 0.461 e. The Morgan fingerprint density at radius 1 is 1.07 bits per heavy atom. The van der Waals surface area contributed by atoms with Crippen LogP contribution in [0.1, 0.15) is 26.3 Å². The Morgan fingerprint density at radius 2 is 1.71 bits per heavy atom. The molecular weight excluding hydrogens is 384 g/mol. The van der Waals surface area contributed by atoms with Gasteiger partial charge < -0.3 is 14.6 Å². The fourth-order valence-electron chi connectivity index (χ4n) is 2.21. The molecule has 0 aliphatic heterocycles. The molecule has 0 radical (unpaired) electrons. The van der Waals surface area contributed by atoms with Crippen LogP contribution in [0.15, 0.2) is 48.5 Å². The number of hydrogen-bond donors (Lipinski definition) is 1. The zero-order valence-corrected chi connectivity index (χ0v) is 14.4. The van der Waals surface area contributed by atoms with Crippen molar-refractivity contribution in [3.63, 3.8) is 0 Å². The summed E-state index contributed by atoms with van der Waals surface area (Å²) >= 11 is 0. The number of ether oxygens (including phenoxy) is 2. The number of rotatable bonds is 8. The highest BCUT2D eigenvalue weighted by atomic mass is 19.3. The molecule has 0 saturated carbocycles. The van der Waals surface area contributed by atoms with Crippen LogP contribution in [-0.2, 0) is 0 Å². The Morgan fingerprint density at radius 3 is 2.29 bits per heavy atom. The SMILES string of the molecule is COc1cc(/C=C/C(=O)c2ccccc2C(=O)O)ccc1OC(F)(F)C(F)F. The zero-order chi connectivity index (χ0) is 20.9. The van der Waals surface area contributed by atoms with Gasteiger partial charge in [-0.3, -0.25) is 4.79 Å². The highest BCUT2D eigenvalue weighted by Gasteiger charge is 2.44. The lowest BCUT2D eigenvalue weighted by Gasteiger charge is -2.18. The van der Waals surface area contributed by atoms with Gasteiger partial charge in [0.1, 0.15) is 0 Å². The van der Waals surface area contributed by atoms with Crippen LogP contribution in [-0.4, -0.2) is 36.5 Å². The second-order valence-electron chi connectivity index (χ2n) is 5.42. The lowest BCUT2D eigenvalue weighted by molar-refractivity contribution is -0.253. The first-order valence-electron chi connectivity index (χ1n) is 7.73. The van der Waals surface area contributed by atoms with E-state index in [4.69, 9.17) is 9.84 Å². The van der Waals surface area contributed by atoms with Gasteiger partial charge in [-0.05, 0) is 29.8 Å². The molecule has 0 fully saturated rings. The minimum absolute atomic E-state index is 0.0326. The third kappa shape index (κ3) is 4.87. The average molecular weight is 398 g/mol. The molecule has 0 saturated heterocycles. The fourth-order valence-corrected chi connectivity index (χ4v) is 2.21. The molecule has 0 aliphatic carbocycles. The summed E-state index contributed by atoms with van der Waals surface area (Å²) in [6.45, 7) is 0. The summed E-state index contributed by atoms with van der Waals surface area (Å²) in [5, 5.41) is 9.11. The predicted molar refractivity (Wildman–Crippen MR) is 91.3 cm³/mol. The highest BCUT2D eigenvalue weighted by Crippen LogP contribution is 2.35. The van der Waals surface area contributed by atoms with Crippen molar-refractivity contribution in [3.05, 3.63) is 65.2 Å². The van der Waals surface area contributed by atoms with Crippen molar-refractivity contribution in [2.24, 2.45) is 0 Å². The number of carbonyl (C=O) groups excluding carboxylic acids is 1. The number of aromatic carboxylic acids is 1. The van der Waals surface area contributed by atoms with Gasteiger partial charge in [0.05, 0.1) is 12.7 Å². The molecular formula is C19H14F4O5. The number of benzene rings is 2. The van der Waals surface area contributed by atoms with E-state index in [0.29, 0.717) is 5.56 Å². The Hall–Kier alpha value is -3.36. The van der Waals surface area contributed by atoms with E-state index < -0.39 is 30.0 Å². The van der Waals surface area contributed by atoms with Crippen LogP contribution >= 0.6 is 0 Å². The summed E-state index contributed by atoms with van der Waals surface area (Å²) < 4.78 is 59.5. The standard InChI is InChI=1S/C19H14F4O5/c1-27-16-10-11(7-9-15(16)28-19(22,23)18(20)21)6-8-14(24)12-4-2-3-5-13(12)17(25)26/h2-10,18H,1H3,(H,25,26)/b8-6+. The quantitative estimate of drug-likeness (QED) is 0.402. The van der Waals surface area contributed by atoms with Gasteiger partial charge >= 0.3 is 18.5 Å². The maximum absolute atomic E-state index is 13.1. The molecule has 9 heteroatoms. The number of allylic oxidation sites excluding steroid dienone is 1. The Kier molecular flexibility index (Phi) is 6.40. The molecule has 0 bridgehead atoms. The van der Waals surface area contributed by atoms with Crippen molar-refractivity contribution in [3.8, 4) is 11.5 Å². The largest absolute Gasteiger partial charge is 0.493 e. The zero-order valence-electron chi connectivity index (χ0n) is 14.4. The van der Waals surface area contributed by atoms with Crippen LogP contribution in [0.2, 0.25) is 0 Å². The molecule has 28 heavy (non-hydrogen) atoms. The third-order valence-corrected chi connectivity index (χ3v) is 3.54. The summed E-state index contributed by atoms with van der Waals surface area (Å²) in [5.41, 5.74) is 0.105. The van der Waals surface area contributed by atoms with E-state index in [2.05, 4.69) is 4.74 Å². The first-order valence-corrected chi connectivity index (χ1v) is 7.73. The second kappa shape index (κ2) is 8.55. The molecule has 2 aromatic carbocycles. The van der Waals surface area contributed by atoms with Gasteiger partial charge in [-0.1, -0.05) is 30.3 Å². The third-order valence-electron chi connectivity index (χ3n) is 3.54. The summed E-state index contributed by atoms with van der Waals surface area (Å²) in [4.78, 5) is 23.4. The number of halogens is 4. The van der Waals surface area contributed by atoms with Crippen molar-refractivity contribution in [1.29, 1.82) is 0 Å². The molecule has 0 unspecified atom stereocenters. The van der Waals surface area contributed by atoms with Gasteiger partial charge in [-0.15, -0.1) is 0 Å². The van der Waals surface area contributed by atoms with E-state index in [0.717, 1.165) is 19.3 Å². The van der Waals surface area contributed by atoms with E-state index in [9.17, 15) is 27.2 Å². The number of hydrogen-bond acceptors (Lipinski definition) is 4. The fraction of sp³-hybridized carbons (Fsp3) is 0.158. The second-order valence-corrected chi connectivity index (χ2v) is 5.42. The smallest absolute Gasteiger partial charge is 0.461 e. The summed E-state index contributed by atoms with van der Waals surface area (Å²) in [6, 6.07) is 9.04. The maximum atomic E-state index is 13.1. The first kappa shape index (κ1) is 20.9.